The van der Waals surface area contributed by atoms with Gasteiger partial charge in [-0.05, 0) is 48.5 Å². The minimum atomic E-state index is -4.78. The molecule has 0 aliphatic heterocycles. The summed E-state index contributed by atoms with van der Waals surface area (Å²) in [7, 11) is -4.29. The number of aromatic nitrogens is 1. The van der Waals surface area contributed by atoms with Crippen molar-refractivity contribution in [2.45, 2.75) is 11.1 Å². The molecule has 0 saturated carbocycles. The number of hydrogen-bond acceptors (Lipinski definition) is 4. The molecule has 154 valence electrons. The van der Waals surface area contributed by atoms with Crippen LogP contribution in [0.25, 0.3) is 22.6 Å². The van der Waals surface area contributed by atoms with Gasteiger partial charge in [0.25, 0.3) is 10.0 Å². The third-order valence-corrected chi connectivity index (χ3v) is 5.92. The van der Waals surface area contributed by atoms with Crippen LogP contribution in [-0.4, -0.2) is 13.4 Å². The molecule has 0 unspecified atom stereocenters. The van der Waals surface area contributed by atoms with E-state index in [4.69, 9.17) is 16.0 Å². The van der Waals surface area contributed by atoms with Gasteiger partial charge in [0.2, 0.25) is 5.89 Å². The van der Waals surface area contributed by atoms with Crippen LogP contribution in [-0.2, 0) is 16.2 Å². The highest BCUT2D eigenvalue weighted by atomic mass is 35.5. The summed E-state index contributed by atoms with van der Waals surface area (Å²) in [6.45, 7) is 0. The van der Waals surface area contributed by atoms with E-state index >= 15 is 0 Å². The van der Waals surface area contributed by atoms with Crippen molar-refractivity contribution in [1.82, 2.24) is 4.98 Å². The minimum Gasteiger partial charge on any atom is -0.436 e. The van der Waals surface area contributed by atoms with Crippen molar-refractivity contribution in [3.8, 4) is 11.5 Å². The van der Waals surface area contributed by atoms with Gasteiger partial charge in [0.05, 0.1) is 21.2 Å². The predicted molar refractivity (Wildman–Crippen MR) is 107 cm³/mol. The number of anilines is 1. The van der Waals surface area contributed by atoms with Crippen molar-refractivity contribution in [1.29, 1.82) is 0 Å². The number of oxazole rings is 1. The van der Waals surface area contributed by atoms with Gasteiger partial charge in [0.15, 0.2) is 5.58 Å². The zero-order valence-corrected chi connectivity index (χ0v) is 16.5. The van der Waals surface area contributed by atoms with Crippen LogP contribution in [0.5, 0.6) is 0 Å². The third kappa shape index (κ3) is 3.99. The Balaban J connectivity index is 1.66. The number of halogens is 4. The lowest BCUT2D eigenvalue weighted by molar-refractivity contribution is -0.137. The highest BCUT2D eigenvalue weighted by Gasteiger charge is 2.34. The van der Waals surface area contributed by atoms with Crippen LogP contribution in [0.15, 0.2) is 76.0 Å². The average molecular weight is 453 g/mol. The Labute approximate surface area is 174 Å². The van der Waals surface area contributed by atoms with E-state index < -0.39 is 31.7 Å². The normalized spacial score (nSPS) is 12.3. The Morgan fingerprint density at radius 1 is 0.967 bits per heavy atom. The first kappa shape index (κ1) is 20.2. The van der Waals surface area contributed by atoms with Crippen LogP contribution in [0.2, 0.25) is 5.02 Å². The highest BCUT2D eigenvalue weighted by molar-refractivity contribution is 7.92. The van der Waals surface area contributed by atoms with Gasteiger partial charge in [-0.25, -0.2) is 13.4 Å². The van der Waals surface area contributed by atoms with Gasteiger partial charge in [-0.3, -0.25) is 4.72 Å². The van der Waals surface area contributed by atoms with Gasteiger partial charge >= 0.3 is 6.18 Å². The fourth-order valence-electron chi connectivity index (χ4n) is 2.80. The van der Waals surface area contributed by atoms with Crippen LogP contribution in [0.4, 0.5) is 18.9 Å². The van der Waals surface area contributed by atoms with E-state index in [0.717, 1.165) is 17.7 Å². The standard InChI is InChI=1S/C20H12ClF3N2O3S/c21-16-8-7-14(11-15(16)20(22,23)24)30(27,28)26-13-6-9-18-17(10-13)25-19(29-18)12-4-2-1-3-5-12/h1-11,26H. The highest BCUT2D eigenvalue weighted by Crippen LogP contribution is 2.36. The molecule has 0 radical (unpaired) electrons. The van der Waals surface area contributed by atoms with Crippen molar-refractivity contribution in [3.05, 3.63) is 77.3 Å². The monoisotopic (exact) mass is 452 g/mol. The topological polar surface area (TPSA) is 72.2 Å². The van der Waals surface area contributed by atoms with Gasteiger partial charge in [-0.15, -0.1) is 0 Å². The van der Waals surface area contributed by atoms with E-state index in [-0.39, 0.29) is 5.69 Å². The fourth-order valence-corrected chi connectivity index (χ4v) is 4.10. The summed E-state index contributed by atoms with van der Waals surface area (Å²) < 4.78 is 72.2. The van der Waals surface area contributed by atoms with Crippen molar-refractivity contribution >= 4 is 38.4 Å². The van der Waals surface area contributed by atoms with E-state index in [2.05, 4.69) is 9.71 Å². The first-order valence-electron chi connectivity index (χ1n) is 8.49. The van der Waals surface area contributed by atoms with E-state index in [1.807, 2.05) is 30.3 Å². The number of rotatable bonds is 4. The lowest BCUT2D eigenvalue weighted by Crippen LogP contribution is -2.15. The molecule has 5 nitrogen and oxygen atoms in total. The summed E-state index contributed by atoms with van der Waals surface area (Å²) in [5.41, 5.74) is 0.464. The van der Waals surface area contributed by atoms with E-state index in [1.54, 1.807) is 0 Å². The molecule has 1 heterocycles. The summed E-state index contributed by atoms with van der Waals surface area (Å²) >= 11 is 5.56. The lowest BCUT2D eigenvalue weighted by Gasteiger charge is -2.12. The molecule has 10 heteroatoms. The van der Waals surface area contributed by atoms with Crippen LogP contribution in [0.1, 0.15) is 5.56 Å². The molecule has 4 rings (SSSR count). The summed E-state index contributed by atoms with van der Waals surface area (Å²) in [6, 6.07) is 15.9. The minimum absolute atomic E-state index is 0.124. The van der Waals surface area contributed by atoms with E-state index in [9.17, 15) is 21.6 Å². The molecule has 0 fully saturated rings. The number of fused-ring (bicyclic) bond motifs is 1. The molecule has 4 aromatic rings. The predicted octanol–water partition coefficient (Wildman–Crippen LogP) is 5.97. The molecule has 0 aliphatic rings. The summed E-state index contributed by atoms with van der Waals surface area (Å²) in [5.74, 6) is 0.359. The molecule has 3 aromatic carbocycles. The van der Waals surface area contributed by atoms with Crippen LogP contribution < -0.4 is 4.72 Å². The van der Waals surface area contributed by atoms with Gasteiger partial charge < -0.3 is 4.42 Å². The third-order valence-electron chi connectivity index (χ3n) is 4.21. The van der Waals surface area contributed by atoms with Gasteiger partial charge in [0, 0.05) is 5.56 Å². The summed E-state index contributed by atoms with van der Waals surface area (Å²) in [6.07, 6.45) is -4.78. The quantitative estimate of drug-likeness (QED) is 0.414. The van der Waals surface area contributed by atoms with Crippen molar-refractivity contribution in [2.24, 2.45) is 0 Å². The molecule has 0 bridgehead atoms. The fraction of sp³-hybridized carbons (Fsp3) is 0.0500. The zero-order valence-electron chi connectivity index (χ0n) is 14.9. The average Bonchev–Trinajstić information content (AvgIpc) is 3.11. The molecule has 1 N–H and O–H groups in total. The number of hydrogen-bond donors (Lipinski definition) is 1. The lowest BCUT2D eigenvalue weighted by atomic mass is 10.2. The molecular formula is C20H12ClF3N2O3S. The van der Waals surface area contributed by atoms with Crippen LogP contribution >= 0.6 is 11.6 Å². The Morgan fingerprint density at radius 3 is 2.40 bits per heavy atom. The molecule has 0 saturated heterocycles. The molecular weight excluding hydrogens is 441 g/mol. The van der Waals surface area contributed by atoms with Crippen LogP contribution in [0, 0.1) is 0 Å². The van der Waals surface area contributed by atoms with Gasteiger partial charge in [0.1, 0.15) is 5.52 Å². The van der Waals surface area contributed by atoms with Crippen molar-refractivity contribution in [2.75, 3.05) is 4.72 Å². The number of nitrogens with zero attached hydrogens (tertiary/aromatic N) is 1. The smallest absolute Gasteiger partial charge is 0.417 e. The number of sulfonamides is 1. The summed E-state index contributed by atoms with van der Waals surface area (Å²) in [4.78, 5) is 3.77. The molecule has 0 spiro atoms. The second-order valence-corrected chi connectivity index (χ2v) is 8.40. The van der Waals surface area contributed by atoms with Crippen molar-refractivity contribution < 1.29 is 26.0 Å². The largest absolute Gasteiger partial charge is 0.436 e. The molecule has 0 atom stereocenters. The molecule has 0 aliphatic carbocycles. The number of alkyl halides is 3. The summed E-state index contributed by atoms with van der Waals surface area (Å²) in [5, 5.41) is -0.584. The van der Waals surface area contributed by atoms with Crippen LogP contribution in [0.3, 0.4) is 0 Å². The maximum Gasteiger partial charge on any atom is 0.417 e. The molecule has 1 aromatic heterocycles. The SMILES string of the molecule is O=S(=O)(Nc1ccc2oc(-c3ccccc3)nc2c1)c1ccc(Cl)c(C(F)(F)F)c1. The van der Waals surface area contributed by atoms with E-state index in [0.29, 0.717) is 23.1 Å². The zero-order chi connectivity index (χ0) is 21.5. The Bertz CT molecular complexity index is 1340. The maximum atomic E-state index is 13.0. The van der Waals surface area contributed by atoms with Gasteiger partial charge in [-0.2, -0.15) is 13.2 Å². The first-order chi connectivity index (χ1) is 14.1. The van der Waals surface area contributed by atoms with Gasteiger partial charge in [-0.1, -0.05) is 29.8 Å². The first-order valence-corrected chi connectivity index (χ1v) is 10.4. The number of nitrogens with one attached hydrogen (secondary N) is 1. The molecule has 30 heavy (non-hydrogen) atoms. The second-order valence-electron chi connectivity index (χ2n) is 6.31. The maximum absolute atomic E-state index is 13.0. The van der Waals surface area contributed by atoms with Crippen molar-refractivity contribution in [3.63, 3.8) is 0 Å². The second kappa shape index (κ2) is 7.33. The Hall–Kier alpha value is -3.04. The Morgan fingerprint density at radius 2 is 1.70 bits per heavy atom. The molecule has 0 amide bonds. The van der Waals surface area contributed by atoms with E-state index in [1.165, 1.54) is 18.2 Å². The number of benzene rings is 3. The Kier molecular flexibility index (Phi) is 4.95.